The predicted octanol–water partition coefficient (Wildman–Crippen LogP) is 6.25. The number of nitrogens with one attached hydrogen (secondary N) is 2. The van der Waals surface area contributed by atoms with Crippen LogP contribution in [0.5, 0.6) is 11.5 Å². The van der Waals surface area contributed by atoms with Crippen LogP contribution in [-0.2, 0) is 10.2 Å². The average Bonchev–Trinajstić information content (AvgIpc) is 2.96. The molecule has 4 fully saturated rings. The van der Waals surface area contributed by atoms with Crippen molar-refractivity contribution in [2.75, 3.05) is 19.0 Å². The van der Waals surface area contributed by atoms with Gasteiger partial charge in [-0.1, -0.05) is 29.8 Å². The fourth-order valence-electron chi connectivity index (χ4n) is 7.61. The molecule has 41 heavy (non-hydrogen) atoms. The summed E-state index contributed by atoms with van der Waals surface area (Å²) in [5, 5.41) is 7.00. The Morgan fingerprint density at radius 1 is 0.927 bits per heavy atom. The first-order chi connectivity index (χ1) is 19.9. The zero-order chi connectivity index (χ0) is 28.4. The number of amides is 2. The molecule has 7 heteroatoms. The number of hydrazone groups is 1. The minimum absolute atomic E-state index is 0.146. The largest absolute Gasteiger partial charge is 0.493 e. The van der Waals surface area contributed by atoms with Crippen LogP contribution < -0.4 is 20.2 Å². The lowest BCUT2D eigenvalue weighted by molar-refractivity contribution is -0.118. The van der Waals surface area contributed by atoms with Gasteiger partial charge in [-0.15, -0.1) is 0 Å². The quantitative estimate of drug-likeness (QED) is 0.243. The fraction of sp³-hybridized carbons (Fsp3) is 0.382. The molecule has 0 spiro atoms. The van der Waals surface area contributed by atoms with Crippen molar-refractivity contribution in [1.82, 2.24) is 5.43 Å². The van der Waals surface area contributed by atoms with Crippen LogP contribution in [0.3, 0.4) is 0 Å². The van der Waals surface area contributed by atoms with E-state index in [1.165, 1.54) is 57.4 Å². The molecule has 0 heterocycles. The number of ether oxygens (including phenoxy) is 2. The smallest absolute Gasteiger partial charge is 0.271 e. The first-order valence-corrected chi connectivity index (χ1v) is 14.5. The van der Waals surface area contributed by atoms with E-state index >= 15 is 0 Å². The van der Waals surface area contributed by atoms with Gasteiger partial charge >= 0.3 is 0 Å². The summed E-state index contributed by atoms with van der Waals surface area (Å²) in [5.41, 5.74) is 7.35. The van der Waals surface area contributed by atoms with E-state index in [0.29, 0.717) is 28.0 Å². The highest BCUT2D eigenvalue weighted by Gasteiger charge is 2.51. The molecule has 4 bridgehead atoms. The number of aryl methyl sites for hydroxylation is 1. The molecule has 7 rings (SSSR count). The topological polar surface area (TPSA) is 89.0 Å². The van der Waals surface area contributed by atoms with Crippen molar-refractivity contribution in [3.05, 3.63) is 89.0 Å². The molecule has 2 N–H and O–H groups in total. The van der Waals surface area contributed by atoms with Gasteiger partial charge in [-0.25, -0.2) is 5.43 Å². The Bertz CT molecular complexity index is 1430. The molecule has 2 amide bonds. The van der Waals surface area contributed by atoms with E-state index in [1.807, 2.05) is 31.2 Å². The number of benzene rings is 3. The lowest BCUT2D eigenvalue weighted by Gasteiger charge is -2.57. The lowest BCUT2D eigenvalue weighted by Crippen LogP contribution is -2.48. The second-order valence-electron chi connectivity index (χ2n) is 12.1. The molecule has 3 aromatic carbocycles. The minimum Gasteiger partial charge on any atom is -0.493 e. The van der Waals surface area contributed by atoms with Gasteiger partial charge in [0.15, 0.2) is 18.1 Å². The monoisotopic (exact) mass is 551 g/mol. The van der Waals surface area contributed by atoms with E-state index < -0.39 is 0 Å². The molecule has 0 radical (unpaired) electrons. The van der Waals surface area contributed by atoms with Crippen molar-refractivity contribution in [3.63, 3.8) is 0 Å². The number of hydrogen-bond donors (Lipinski definition) is 2. The number of nitrogens with zero attached hydrogens (tertiary/aromatic N) is 1. The zero-order valence-corrected chi connectivity index (χ0v) is 23.7. The fourth-order valence-corrected chi connectivity index (χ4v) is 7.61. The second-order valence-corrected chi connectivity index (χ2v) is 12.1. The summed E-state index contributed by atoms with van der Waals surface area (Å²) in [7, 11) is 1.54. The maximum Gasteiger partial charge on any atom is 0.271 e. The van der Waals surface area contributed by atoms with Crippen LogP contribution in [0.25, 0.3) is 0 Å². The predicted molar refractivity (Wildman–Crippen MR) is 160 cm³/mol. The van der Waals surface area contributed by atoms with E-state index in [1.54, 1.807) is 30.3 Å². The van der Waals surface area contributed by atoms with Gasteiger partial charge < -0.3 is 14.8 Å². The summed E-state index contributed by atoms with van der Waals surface area (Å²) < 4.78 is 11.2. The summed E-state index contributed by atoms with van der Waals surface area (Å²) in [6.45, 7) is 1.78. The molecule has 0 aliphatic heterocycles. The van der Waals surface area contributed by atoms with E-state index in [0.717, 1.165) is 29.0 Å². The Labute approximate surface area is 241 Å². The van der Waals surface area contributed by atoms with Crippen LogP contribution in [0, 0.1) is 24.7 Å². The Kier molecular flexibility index (Phi) is 7.52. The van der Waals surface area contributed by atoms with Gasteiger partial charge in [0.2, 0.25) is 0 Å². The summed E-state index contributed by atoms with van der Waals surface area (Å²) in [5.74, 6) is 3.10. The van der Waals surface area contributed by atoms with Crippen LogP contribution in [0.2, 0.25) is 0 Å². The van der Waals surface area contributed by atoms with Crippen molar-refractivity contribution < 1.29 is 19.1 Å². The average molecular weight is 552 g/mol. The van der Waals surface area contributed by atoms with Gasteiger partial charge in [0.25, 0.3) is 11.8 Å². The van der Waals surface area contributed by atoms with Gasteiger partial charge in [-0.2, -0.15) is 5.10 Å². The van der Waals surface area contributed by atoms with Gasteiger partial charge in [0, 0.05) is 11.3 Å². The summed E-state index contributed by atoms with van der Waals surface area (Å²) >= 11 is 0. The molecule has 0 unspecified atom stereocenters. The molecule has 0 saturated heterocycles. The van der Waals surface area contributed by atoms with Crippen LogP contribution in [0.1, 0.15) is 65.6 Å². The number of hydrogen-bond acceptors (Lipinski definition) is 5. The maximum absolute atomic E-state index is 12.7. The SMILES string of the molecule is COc1cc(/C=N/NC(=O)c2cccc(C)c2)ccc1OCC(=O)Nc1ccc(C23CC4CC(CC(C4)C2)C3)cc1. The van der Waals surface area contributed by atoms with Crippen LogP contribution >= 0.6 is 0 Å². The third-order valence-corrected chi connectivity index (χ3v) is 9.03. The molecule has 4 aliphatic rings. The first-order valence-electron chi connectivity index (χ1n) is 14.5. The normalized spacial score (nSPS) is 24.3. The number of methoxy groups -OCH3 is 1. The molecule has 7 nitrogen and oxygen atoms in total. The molecular formula is C34H37N3O4. The number of rotatable bonds is 9. The summed E-state index contributed by atoms with van der Waals surface area (Å²) in [6, 6.07) is 21.0. The third kappa shape index (κ3) is 5.99. The molecule has 4 aliphatic carbocycles. The maximum atomic E-state index is 12.7. The van der Waals surface area contributed by atoms with Gasteiger partial charge in [0.05, 0.1) is 13.3 Å². The Hall–Kier alpha value is -4.13. The summed E-state index contributed by atoms with van der Waals surface area (Å²) in [4.78, 5) is 24.9. The van der Waals surface area contributed by atoms with Crippen LogP contribution in [0.4, 0.5) is 5.69 Å². The van der Waals surface area contributed by atoms with Crippen LogP contribution in [-0.4, -0.2) is 31.7 Å². The summed E-state index contributed by atoms with van der Waals surface area (Å²) in [6.07, 6.45) is 9.80. The Balaban J connectivity index is 1.02. The van der Waals surface area contributed by atoms with E-state index in [4.69, 9.17) is 9.47 Å². The molecule has 212 valence electrons. The lowest BCUT2D eigenvalue weighted by atomic mass is 9.48. The van der Waals surface area contributed by atoms with Crippen LogP contribution in [0.15, 0.2) is 71.8 Å². The van der Waals surface area contributed by atoms with E-state index in [-0.39, 0.29) is 18.4 Å². The van der Waals surface area contributed by atoms with Crippen molar-refractivity contribution in [1.29, 1.82) is 0 Å². The standard InChI is InChI=1S/C34H37N3O4/c1-22-4-3-5-27(12-22)33(39)37-35-20-23-6-11-30(31(16-23)40-2)41-21-32(38)36-29-9-7-28(8-10-29)34-17-24-13-25(18-34)15-26(14-24)19-34/h3-12,16,20,24-26H,13-15,17-19,21H2,1-2H3,(H,36,38)(H,37,39)/b35-20+. The highest BCUT2D eigenvalue weighted by molar-refractivity contribution is 5.95. The molecule has 4 saturated carbocycles. The highest BCUT2D eigenvalue weighted by Crippen LogP contribution is 2.60. The molecular weight excluding hydrogens is 514 g/mol. The van der Waals surface area contributed by atoms with Gasteiger partial charge in [0.1, 0.15) is 0 Å². The van der Waals surface area contributed by atoms with Gasteiger partial charge in [-0.05, 0) is 122 Å². The highest BCUT2D eigenvalue weighted by atomic mass is 16.5. The first kappa shape index (κ1) is 27.1. The second kappa shape index (κ2) is 11.4. The van der Waals surface area contributed by atoms with Gasteiger partial charge in [-0.3, -0.25) is 9.59 Å². The number of anilines is 1. The van der Waals surface area contributed by atoms with Crippen molar-refractivity contribution in [3.8, 4) is 11.5 Å². The molecule has 3 aromatic rings. The molecule has 0 aromatic heterocycles. The van der Waals surface area contributed by atoms with E-state index in [9.17, 15) is 9.59 Å². The van der Waals surface area contributed by atoms with Crippen molar-refractivity contribution in [2.24, 2.45) is 22.9 Å². The number of carbonyl (C=O) groups excluding carboxylic acids is 2. The van der Waals surface area contributed by atoms with Crippen molar-refractivity contribution in [2.45, 2.75) is 50.9 Å². The Morgan fingerprint density at radius 3 is 2.29 bits per heavy atom. The third-order valence-electron chi connectivity index (χ3n) is 9.03. The van der Waals surface area contributed by atoms with E-state index in [2.05, 4.69) is 28.0 Å². The number of carbonyl (C=O) groups is 2. The van der Waals surface area contributed by atoms with Crippen molar-refractivity contribution >= 4 is 23.7 Å². The zero-order valence-electron chi connectivity index (χ0n) is 23.7. The molecule has 0 atom stereocenters. The minimum atomic E-state index is -0.287. The Morgan fingerprint density at radius 2 is 1.63 bits per heavy atom.